The molecular formula is C18H16ClNO2. The zero-order chi connectivity index (χ0) is 15.7. The lowest BCUT2D eigenvalue weighted by atomic mass is 9.97. The van der Waals surface area contributed by atoms with Crippen molar-refractivity contribution in [2.24, 2.45) is 5.92 Å². The van der Waals surface area contributed by atoms with Crippen LogP contribution in [0.1, 0.15) is 17.5 Å². The number of aryl methyl sites for hydroxylation is 1. The summed E-state index contributed by atoms with van der Waals surface area (Å²) in [5.41, 5.74) is 2.83. The summed E-state index contributed by atoms with van der Waals surface area (Å²) in [5.74, 6) is -0.566. The smallest absolute Gasteiger partial charge is 0.237 e. The molecule has 1 aliphatic rings. The Morgan fingerprint density at radius 1 is 1.14 bits per heavy atom. The van der Waals surface area contributed by atoms with Gasteiger partial charge in [0, 0.05) is 11.4 Å². The van der Waals surface area contributed by atoms with Gasteiger partial charge in [0.2, 0.25) is 11.8 Å². The summed E-state index contributed by atoms with van der Waals surface area (Å²) in [6.45, 7) is 2.02. The second-order valence-electron chi connectivity index (χ2n) is 5.64. The molecule has 0 bridgehead atoms. The number of imide groups is 1. The van der Waals surface area contributed by atoms with Crippen molar-refractivity contribution in [1.29, 1.82) is 0 Å². The fraction of sp³-hybridized carbons (Fsp3) is 0.222. The number of anilines is 1. The van der Waals surface area contributed by atoms with Crippen molar-refractivity contribution in [2.75, 3.05) is 4.90 Å². The normalized spacial score (nSPS) is 18.1. The number of nitrogens with zero attached hydrogens (tertiary/aromatic N) is 1. The Morgan fingerprint density at radius 2 is 1.86 bits per heavy atom. The fourth-order valence-corrected chi connectivity index (χ4v) is 2.97. The Balaban J connectivity index is 1.81. The molecule has 2 aromatic rings. The van der Waals surface area contributed by atoms with E-state index in [2.05, 4.69) is 6.07 Å². The minimum atomic E-state index is -0.287. The number of halogens is 1. The van der Waals surface area contributed by atoms with Gasteiger partial charge in [-0.2, -0.15) is 0 Å². The van der Waals surface area contributed by atoms with Gasteiger partial charge in [-0.25, -0.2) is 0 Å². The quantitative estimate of drug-likeness (QED) is 0.809. The molecule has 1 fully saturated rings. The number of hydrogen-bond acceptors (Lipinski definition) is 2. The zero-order valence-corrected chi connectivity index (χ0v) is 13.0. The number of carbonyl (C=O) groups is 2. The van der Waals surface area contributed by atoms with Gasteiger partial charge in [-0.3, -0.25) is 14.5 Å². The summed E-state index contributed by atoms with van der Waals surface area (Å²) in [5, 5.41) is 0.583. The van der Waals surface area contributed by atoms with E-state index in [1.807, 2.05) is 25.1 Å². The van der Waals surface area contributed by atoms with Crippen LogP contribution in [-0.2, 0) is 16.0 Å². The first-order chi connectivity index (χ1) is 10.5. The first kappa shape index (κ1) is 14.8. The third-order valence-electron chi connectivity index (χ3n) is 3.89. The van der Waals surface area contributed by atoms with Crippen LogP contribution < -0.4 is 4.90 Å². The van der Waals surface area contributed by atoms with Crippen LogP contribution in [-0.4, -0.2) is 11.8 Å². The Morgan fingerprint density at radius 3 is 2.55 bits per heavy atom. The van der Waals surface area contributed by atoms with Crippen LogP contribution in [0.2, 0.25) is 5.02 Å². The molecule has 1 saturated heterocycles. The van der Waals surface area contributed by atoms with Gasteiger partial charge < -0.3 is 0 Å². The van der Waals surface area contributed by atoms with Crippen LogP contribution in [0.15, 0.2) is 48.5 Å². The fourth-order valence-electron chi connectivity index (χ4n) is 2.84. The Hall–Kier alpha value is -2.13. The lowest BCUT2D eigenvalue weighted by Crippen LogP contribution is -2.30. The molecule has 22 heavy (non-hydrogen) atoms. The summed E-state index contributed by atoms with van der Waals surface area (Å²) >= 11 is 5.85. The highest BCUT2D eigenvalue weighted by atomic mass is 35.5. The molecule has 2 aromatic carbocycles. The maximum Gasteiger partial charge on any atom is 0.237 e. The molecule has 0 spiro atoms. The van der Waals surface area contributed by atoms with Crippen molar-refractivity contribution in [1.82, 2.24) is 0 Å². The van der Waals surface area contributed by atoms with E-state index >= 15 is 0 Å². The molecule has 0 N–H and O–H groups in total. The summed E-state index contributed by atoms with van der Waals surface area (Å²) in [4.78, 5) is 26.0. The monoisotopic (exact) mass is 313 g/mol. The van der Waals surface area contributed by atoms with E-state index in [0.717, 1.165) is 11.1 Å². The standard InChI is InChI=1S/C18H16ClNO2/c1-12-3-2-4-13(9-12)10-14-11-17(21)20(18(14)22)16-7-5-15(19)6-8-16/h2-9,14H,10-11H2,1H3/t14-/m0/s1. The highest BCUT2D eigenvalue weighted by molar-refractivity contribution is 6.30. The van der Waals surface area contributed by atoms with E-state index in [1.165, 1.54) is 4.90 Å². The van der Waals surface area contributed by atoms with Gasteiger partial charge in [-0.05, 0) is 43.2 Å². The number of carbonyl (C=O) groups excluding carboxylic acids is 2. The maximum atomic E-state index is 12.6. The second-order valence-corrected chi connectivity index (χ2v) is 6.07. The Kier molecular flexibility index (Phi) is 3.99. The van der Waals surface area contributed by atoms with Gasteiger partial charge in [-0.1, -0.05) is 41.4 Å². The van der Waals surface area contributed by atoms with Crippen molar-refractivity contribution in [3.8, 4) is 0 Å². The Labute approximate surface area is 134 Å². The molecule has 0 saturated carbocycles. The lowest BCUT2D eigenvalue weighted by Gasteiger charge is -2.15. The van der Waals surface area contributed by atoms with E-state index in [4.69, 9.17) is 11.6 Å². The van der Waals surface area contributed by atoms with Crippen LogP contribution in [0, 0.1) is 12.8 Å². The van der Waals surface area contributed by atoms with Crippen molar-refractivity contribution in [2.45, 2.75) is 19.8 Å². The van der Waals surface area contributed by atoms with Gasteiger partial charge in [0.1, 0.15) is 0 Å². The van der Waals surface area contributed by atoms with E-state index in [9.17, 15) is 9.59 Å². The predicted molar refractivity (Wildman–Crippen MR) is 86.9 cm³/mol. The third kappa shape index (κ3) is 2.90. The number of hydrogen-bond donors (Lipinski definition) is 0. The van der Waals surface area contributed by atoms with Crippen LogP contribution in [0.3, 0.4) is 0 Å². The third-order valence-corrected chi connectivity index (χ3v) is 4.14. The zero-order valence-electron chi connectivity index (χ0n) is 12.3. The number of amides is 2. The molecular weight excluding hydrogens is 298 g/mol. The molecule has 0 aliphatic carbocycles. The SMILES string of the molecule is Cc1cccc(C[C@H]2CC(=O)N(c3ccc(Cl)cc3)C2=O)c1. The summed E-state index contributed by atoms with van der Waals surface area (Å²) in [7, 11) is 0. The second kappa shape index (κ2) is 5.93. The molecule has 112 valence electrons. The van der Waals surface area contributed by atoms with Crippen LogP contribution >= 0.6 is 11.6 Å². The van der Waals surface area contributed by atoms with Crippen molar-refractivity contribution >= 4 is 29.1 Å². The molecule has 0 unspecified atom stereocenters. The van der Waals surface area contributed by atoms with Crippen LogP contribution in [0.25, 0.3) is 0 Å². The maximum absolute atomic E-state index is 12.6. The van der Waals surface area contributed by atoms with Crippen LogP contribution in [0.5, 0.6) is 0 Å². The molecule has 2 amide bonds. The summed E-state index contributed by atoms with van der Waals surface area (Å²) in [6.07, 6.45) is 0.853. The van der Waals surface area contributed by atoms with Crippen molar-refractivity contribution < 1.29 is 9.59 Å². The van der Waals surface area contributed by atoms with Gasteiger partial charge in [0.15, 0.2) is 0 Å². The van der Waals surface area contributed by atoms with E-state index < -0.39 is 0 Å². The first-order valence-corrected chi connectivity index (χ1v) is 7.60. The lowest BCUT2D eigenvalue weighted by molar-refractivity contribution is -0.122. The Bertz CT molecular complexity index is 724. The van der Waals surface area contributed by atoms with Gasteiger partial charge >= 0.3 is 0 Å². The molecule has 1 heterocycles. The first-order valence-electron chi connectivity index (χ1n) is 7.22. The van der Waals surface area contributed by atoms with Gasteiger partial charge in [-0.15, -0.1) is 0 Å². The minimum Gasteiger partial charge on any atom is -0.274 e. The molecule has 0 radical (unpaired) electrons. The topological polar surface area (TPSA) is 37.4 Å². The van der Waals surface area contributed by atoms with Crippen LogP contribution in [0.4, 0.5) is 5.69 Å². The van der Waals surface area contributed by atoms with E-state index in [1.54, 1.807) is 24.3 Å². The largest absolute Gasteiger partial charge is 0.274 e. The van der Waals surface area contributed by atoms with Crippen molar-refractivity contribution in [3.05, 3.63) is 64.7 Å². The number of benzene rings is 2. The molecule has 3 nitrogen and oxygen atoms in total. The van der Waals surface area contributed by atoms with Gasteiger partial charge in [0.05, 0.1) is 11.6 Å². The number of rotatable bonds is 3. The van der Waals surface area contributed by atoms with E-state index in [0.29, 0.717) is 17.1 Å². The average molecular weight is 314 g/mol. The highest BCUT2D eigenvalue weighted by Gasteiger charge is 2.39. The molecule has 1 atom stereocenters. The average Bonchev–Trinajstić information content (AvgIpc) is 2.75. The molecule has 1 aliphatic heterocycles. The van der Waals surface area contributed by atoms with Crippen molar-refractivity contribution in [3.63, 3.8) is 0 Å². The molecule has 4 heteroatoms. The predicted octanol–water partition coefficient (Wildman–Crippen LogP) is 3.77. The summed E-state index contributed by atoms with van der Waals surface area (Å²) < 4.78 is 0. The van der Waals surface area contributed by atoms with E-state index in [-0.39, 0.29) is 24.2 Å². The summed E-state index contributed by atoms with van der Waals surface area (Å²) in [6, 6.07) is 14.8. The molecule has 3 rings (SSSR count). The highest BCUT2D eigenvalue weighted by Crippen LogP contribution is 2.29. The van der Waals surface area contributed by atoms with Gasteiger partial charge in [0.25, 0.3) is 0 Å². The molecule has 0 aromatic heterocycles. The minimum absolute atomic E-state index is 0.131.